The van der Waals surface area contributed by atoms with Gasteiger partial charge in [-0.2, -0.15) is 0 Å². The molecule has 138 valence electrons. The quantitative estimate of drug-likeness (QED) is 0.289. The highest BCUT2D eigenvalue weighted by molar-refractivity contribution is 5.76. The van der Waals surface area contributed by atoms with Gasteiger partial charge in [0.05, 0.1) is 19.4 Å². The topological polar surface area (TPSA) is 63.6 Å². The number of esters is 1. The van der Waals surface area contributed by atoms with Gasteiger partial charge in [-0.25, -0.2) is 0 Å². The second-order valence-electron chi connectivity index (χ2n) is 6.28. The molecule has 0 heterocycles. The third kappa shape index (κ3) is 10.4. The highest BCUT2D eigenvalue weighted by Crippen LogP contribution is 2.23. The second-order valence-corrected chi connectivity index (χ2v) is 6.28. The molecule has 0 aliphatic rings. The Labute approximate surface area is 150 Å². The molecule has 1 atom stereocenters. The van der Waals surface area contributed by atoms with Gasteiger partial charge in [-0.05, 0) is 18.4 Å². The summed E-state index contributed by atoms with van der Waals surface area (Å²) >= 11 is 0. The van der Waals surface area contributed by atoms with E-state index >= 15 is 0 Å². The summed E-state index contributed by atoms with van der Waals surface area (Å²) in [6.45, 7) is 4.34. The molecule has 0 aromatic heterocycles. The first-order chi connectivity index (χ1) is 12.1. The first-order valence-corrected chi connectivity index (χ1v) is 9.18. The number of ether oxygens (including phenoxy) is 1. The van der Waals surface area contributed by atoms with Crippen molar-refractivity contribution >= 4 is 11.9 Å². The molecule has 4 heteroatoms. The molecule has 0 amide bonds. The van der Waals surface area contributed by atoms with Crippen LogP contribution >= 0.6 is 0 Å². The number of carbonyl (C=O) groups excluding carboxylic acids is 1. The Kier molecular flexibility index (Phi) is 11.1. The lowest BCUT2D eigenvalue weighted by molar-refractivity contribution is -0.147. The monoisotopic (exact) mass is 346 g/mol. The summed E-state index contributed by atoms with van der Waals surface area (Å²) in [6, 6.07) is 10.5. The Morgan fingerprint density at radius 1 is 1.00 bits per heavy atom. The number of benzene rings is 1. The zero-order valence-electron chi connectivity index (χ0n) is 15.0. The molecule has 0 spiro atoms. The first kappa shape index (κ1) is 20.9. The zero-order valence-corrected chi connectivity index (χ0v) is 15.0. The van der Waals surface area contributed by atoms with E-state index in [1.165, 1.54) is 24.8 Å². The van der Waals surface area contributed by atoms with Gasteiger partial charge in [-0.15, -0.1) is 6.58 Å². The number of unbranched alkanes of at least 4 members (excludes halogenated alkanes) is 5. The number of allylic oxidation sites excluding steroid dienone is 1. The molecule has 0 radical (unpaired) electrons. The molecule has 0 bridgehead atoms. The Morgan fingerprint density at radius 3 is 2.28 bits per heavy atom. The van der Waals surface area contributed by atoms with Crippen molar-refractivity contribution < 1.29 is 19.4 Å². The predicted molar refractivity (Wildman–Crippen MR) is 99.5 cm³/mol. The van der Waals surface area contributed by atoms with E-state index in [2.05, 4.69) is 30.8 Å². The summed E-state index contributed by atoms with van der Waals surface area (Å²) in [5.41, 5.74) is 1.34. The Morgan fingerprint density at radius 2 is 1.64 bits per heavy atom. The molecule has 0 saturated carbocycles. The van der Waals surface area contributed by atoms with Gasteiger partial charge in [-0.1, -0.05) is 68.5 Å². The van der Waals surface area contributed by atoms with E-state index in [1.807, 2.05) is 12.1 Å². The van der Waals surface area contributed by atoms with Crippen LogP contribution in [-0.4, -0.2) is 23.7 Å². The van der Waals surface area contributed by atoms with Crippen LogP contribution in [0, 0.1) is 0 Å². The molecule has 25 heavy (non-hydrogen) atoms. The number of carboxylic acids is 1. The van der Waals surface area contributed by atoms with Crippen molar-refractivity contribution in [2.45, 2.75) is 63.7 Å². The summed E-state index contributed by atoms with van der Waals surface area (Å²) < 4.78 is 5.00. The van der Waals surface area contributed by atoms with Crippen LogP contribution in [0.4, 0.5) is 0 Å². The standard InChI is InChI=1S/C21H30O4/c1-2-18(19-13-9-7-10-14-19)12-8-5-3-4-6-11-17-25-21(24)16-15-20(22)23/h2,7,9-10,13-14,18H,1,3-6,8,11-12,15-17H2,(H,22,23). The van der Waals surface area contributed by atoms with Crippen molar-refractivity contribution in [1.29, 1.82) is 0 Å². The first-order valence-electron chi connectivity index (χ1n) is 9.18. The third-order valence-corrected chi connectivity index (χ3v) is 4.23. The summed E-state index contributed by atoms with van der Waals surface area (Å²) in [7, 11) is 0. The fourth-order valence-electron chi connectivity index (χ4n) is 2.76. The van der Waals surface area contributed by atoms with Gasteiger partial charge in [0, 0.05) is 5.92 Å². The normalized spacial score (nSPS) is 11.7. The zero-order chi connectivity index (χ0) is 18.3. The second kappa shape index (κ2) is 13.2. The van der Waals surface area contributed by atoms with Crippen LogP contribution in [0.2, 0.25) is 0 Å². The highest BCUT2D eigenvalue weighted by atomic mass is 16.5. The van der Waals surface area contributed by atoms with Gasteiger partial charge in [0.1, 0.15) is 0 Å². The van der Waals surface area contributed by atoms with Crippen LogP contribution in [0.1, 0.15) is 69.3 Å². The van der Waals surface area contributed by atoms with Crippen LogP contribution in [0.5, 0.6) is 0 Å². The van der Waals surface area contributed by atoms with Gasteiger partial charge in [0.2, 0.25) is 0 Å². The SMILES string of the molecule is C=CC(CCCCCCCCOC(=O)CCC(=O)O)c1ccccc1. The van der Waals surface area contributed by atoms with Crippen molar-refractivity contribution in [2.24, 2.45) is 0 Å². The maximum absolute atomic E-state index is 11.2. The number of hydrogen-bond donors (Lipinski definition) is 1. The fourth-order valence-corrected chi connectivity index (χ4v) is 2.76. The van der Waals surface area contributed by atoms with E-state index < -0.39 is 11.9 Å². The van der Waals surface area contributed by atoms with Crippen molar-refractivity contribution in [1.82, 2.24) is 0 Å². The molecule has 0 fully saturated rings. The number of rotatable bonds is 14. The average Bonchev–Trinajstić information content (AvgIpc) is 2.62. The molecule has 1 rings (SSSR count). The molecule has 1 aromatic carbocycles. The lowest BCUT2D eigenvalue weighted by atomic mass is 9.93. The lowest BCUT2D eigenvalue weighted by Gasteiger charge is -2.12. The summed E-state index contributed by atoms with van der Waals surface area (Å²) in [5.74, 6) is -0.951. The van der Waals surface area contributed by atoms with Crippen LogP contribution in [0.25, 0.3) is 0 Å². The molecule has 0 aliphatic carbocycles. The van der Waals surface area contributed by atoms with Crippen molar-refractivity contribution in [2.75, 3.05) is 6.61 Å². The fraction of sp³-hybridized carbons (Fsp3) is 0.524. The summed E-state index contributed by atoms with van der Waals surface area (Å²) in [6.07, 6.45) is 9.57. The van der Waals surface area contributed by atoms with Crippen LogP contribution < -0.4 is 0 Å². The van der Waals surface area contributed by atoms with Crippen LogP contribution in [-0.2, 0) is 14.3 Å². The van der Waals surface area contributed by atoms with Crippen LogP contribution in [0.15, 0.2) is 43.0 Å². The molecular weight excluding hydrogens is 316 g/mol. The minimum absolute atomic E-state index is 0.0405. The average molecular weight is 346 g/mol. The van der Waals surface area contributed by atoms with E-state index in [0.29, 0.717) is 12.5 Å². The summed E-state index contributed by atoms with van der Waals surface area (Å²) in [4.78, 5) is 21.6. The van der Waals surface area contributed by atoms with Gasteiger partial charge in [0.25, 0.3) is 0 Å². The van der Waals surface area contributed by atoms with E-state index in [4.69, 9.17) is 9.84 Å². The maximum Gasteiger partial charge on any atom is 0.306 e. The Balaban J connectivity index is 1.97. The van der Waals surface area contributed by atoms with Crippen molar-refractivity contribution in [3.8, 4) is 0 Å². The minimum Gasteiger partial charge on any atom is -0.481 e. The molecular formula is C21H30O4. The number of carbonyl (C=O) groups is 2. The highest BCUT2D eigenvalue weighted by Gasteiger charge is 2.07. The largest absolute Gasteiger partial charge is 0.481 e. The maximum atomic E-state index is 11.2. The van der Waals surface area contributed by atoms with E-state index in [0.717, 1.165) is 25.7 Å². The summed E-state index contributed by atoms with van der Waals surface area (Å²) in [5, 5.41) is 8.48. The smallest absolute Gasteiger partial charge is 0.306 e. The van der Waals surface area contributed by atoms with Gasteiger partial charge in [-0.3, -0.25) is 9.59 Å². The molecule has 0 saturated heterocycles. The van der Waals surface area contributed by atoms with Gasteiger partial charge in [0.15, 0.2) is 0 Å². The van der Waals surface area contributed by atoms with Crippen molar-refractivity contribution in [3.05, 3.63) is 48.6 Å². The van der Waals surface area contributed by atoms with Gasteiger partial charge >= 0.3 is 11.9 Å². The van der Waals surface area contributed by atoms with E-state index in [9.17, 15) is 9.59 Å². The molecule has 0 aliphatic heterocycles. The Hall–Kier alpha value is -2.10. The number of carboxylic acid groups (broad SMARTS) is 1. The molecule has 1 N–H and O–H groups in total. The molecule has 1 unspecified atom stereocenters. The predicted octanol–water partition coefficient (Wildman–Crippen LogP) is 5.09. The number of aliphatic carboxylic acids is 1. The van der Waals surface area contributed by atoms with Gasteiger partial charge < -0.3 is 9.84 Å². The van der Waals surface area contributed by atoms with Crippen LogP contribution in [0.3, 0.4) is 0 Å². The molecule has 1 aromatic rings. The van der Waals surface area contributed by atoms with E-state index in [1.54, 1.807) is 0 Å². The number of hydrogen-bond acceptors (Lipinski definition) is 3. The van der Waals surface area contributed by atoms with Crippen molar-refractivity contribution in [3.63, 3.8) is 0 Å². The van der Waals surface area contributed by atoms with E-state index in [-0.39, 0.29) is 12.8 Å². The lowest BCUT2D eigenvalue weighted by Crippen LogP contribution is -2.08. The minimum atomic E-state index is -0.970. The molecule has 4 nitrogen and oxygen atoms in total. The Bertz CT molecular complexity index is 510. The third-order valence-electron chi connectivity index (χ3n) is 4.23.